The Labute approximate surface area is 739 Å². The smallest absolute Gasteiger partial charge is 0.413 e. The molecule has 4 atom stereocenters. The Morgan fingerprint density at radius 2 is 0.820 bits per heavy atom. The lowest BCUT2D eigenvalue weighted by atomic mass is 10.1. The number of pyridine rings is 3. The van der Waals surface area contributed by atoms with Crippen molar-refractivity contribution < 1.29 is 119 Å². The van der Waals surface area contributed by atoms with E-state index in [1.54, 1.807) is 132 Å². The van der Waals surface area contributed by atoms with Crippen LogP contribution in [0.1, 0.15) is 104 Å². The molecule has 0 saturated carbocycles. The standard InChI is InChI=1S/C88H91F9N7O18P3S3/c1-9-117-124(106,76-34-40-79(41-35-76)127(110,111)120-60-87(92,93)94)82-53-66(18-15-63-22-28-73(115-7)29-23-63)50-69(100-82)55-102-45-46-103(56-68-49-65(17-14-62-20-26-72(114-6)27-21-62)52-81(99-68)123-75-32-38-78(39-33-75)126(108,109)119-59-86(89,90)91)58-71(13-11-12-44-98-84(105)122-85(3,4)5)104(48-47-102)57-70-51-67(19-16-64-24-30-74(116-8)31-25-64)54-83(101-70)125(107,118-10-2)77-36-42-80(43-37-77)128(112,113)121-61-88(95,96)97/h20-43,49-54,71,123H,9-13,44-48,55-61H2,1-8H3,(H,98,105)/t71-,124?,125?/m0/s1. The quantitative estimate of drug-likeness (QED) is 0.0131. The van der Waals surface area contributed by atoms with Crippen LogP contribution in [-0.4, -0.2) is 185 Å². The Bertz CT molecular complexity index is 6010. The van der Waals surface area contributed by atoms with E-state index in [4.69, 9.17) is 42.9 Å². The maximum Gasteiger partial charge on any atom is 0.413 e. The highest BCUT2D eigenvalue weighted by Crippen LogP contribution is 2.46. The Balaban J connectivity index is 1.14. The third-order valence-electron chi connectivity index (χ3n) is 18.8. The molecule has 1 aliphatic heterocycles. The number of amides is 1. The minimum Gasteiger partial charge on any atom is -0.497 e. The molecule has 3 unspecified atom stereocenters. The summed E-state index contributed by atoms with van der Waals surface area (Å²) in [6.07, 6.45) is -14.3. The number of methoxy groups -OCH3 is 3. The first-order valence-corrected chi connectivity index (χ1v) is 48.0. The predicted octanol–water partition coefficient (Wildman–Crippen LogP) is 12.9. The predicted molar refractivity (Wildman–Crippen MR) is 464 cm³/mol. The molecule has 1 saturated heterocycles. The highest BCUT2D eigenvalue weighted by atomic mass is 32.2. The minimum absolute atomic E-state index is 0.0347. The number of unbranched alkanes of at least 4 members (excludes halogenated alkanes) is 1. The first kappa shape index (κ1) is 100. The van der Waals surface area contributed by atoms with Crippen molar-refractivity contribution in [2.24, 2.45) is 0 Å². The molecule has 128 heavy (non-hydrogen) atoms. The van der Waals surface area contributed by atoms with Crippen molar-refractivity contribution >= 4 is 92.0 Å². The first-order chi connectivity index (χ1) is 60.4. The van der Waals surface area contributed by atoms with Crippen LogP contribution in [0.15, 0.2) is 197 Å². The van der Waals surface area contributed by atoms with Crippen LogP contribution in [0.4, 0.5) is 44.3 Å². The molecule has 682 valence electrons. The van der Waals surface area contributed by atoms with E-state index >= 15 is 9.13 Å². The van der Waals surface area contributed by atoms with Gasteiger partial charge in [-0.3, -0.25) is 41.4 Å². The highest BCUT2D eigenvalue weighted by Gasteiger charge is 2.38. The first-order valence-electron chi connectivity index (χ1n) is 39.6. The minimum atomic E-state index is -5.02. The summed E-state index contributed by atoms with van der Waals surface area (Å²) in [5.74, 6) is 20.8. The lowest BCUT2D eigenvalue weighted by Gasteiger charge is -2.35. The molecule has 3 aromatic heterocycles. The number of benzene rings is 6. The molecule has 6 aromatic carbocycles. The number of carbonyl (C=O) groups is 1. The number of nitrogens with zero attached hydrogens (tertiary/aromatic N) is 6. The summed E-state index contributed by atoms with van der Waals surface area (Å²) in [5.41, 5.74) is 3.07. The number of alkyl halides is 9. The number of hydrogen-bond acceptors (Lipinski definition) is 24. The van der Waals surface area contributed by atoms with Crippen molar-refractivity contribution in [3.05, 3.63) is 232 Å². The van der Waals surface area contributed by atoms with Crippen molar-refractivity contribution in [2.75, 3.05) is 93.6 Å². The highest BCUT2D eigenvalue weighted by molar-refractivity contribution is 7.87. The summed E-state index contributed by atoms with van der Waals surface area (Å²) in [5, 5.41) is 3.15. The van der Waals surface area contributed by atoms with E-state index in [0.717, 1.165) is 60.7 Å². The van der Waals surface area contributed by atoms with Crippen LogP contribution in [0, 0.1) is 35.5 Å². The largest absolute Gasteiger partial charge is 0.497 e. The van der Waals surface area contributed by atoms with E-state index in [1.165, 1.54) is 45.6 Å². The number of rotatable bonds is 33. The van der Waals surface area contributed by atoms with Crippen molar-refractivity contribution in [1.29, 1.82) is 0 Å². The van der Waals surface area contributed by atoms with Crippen molar-refractivity contribution in [2.45, 2.75) is 118 Å². The second kappa shape index (κ2) is 44.0. The van der Waals surface area contributed by atoms with Gasteiger partial charge in [-0.25, -0.2) is 14.8 Å². The number of alkyl carbamates (subject to hydrolysis) is 1. The molecular weight excluding hydrogens is 1800 g/mol. The van der Waals surface area contributed by atoms with Crippen molar-refractivity contribution in [3.8, 4) is 52.8 Å². The Kier molecular flexibility index (Phi) is 34.4. The second-order valence-corrected chi connectivity index (χ2v) is 40.6. The van der Waals surface area contributed by atoms with Crippen LogP contribution in [0.2, 0.25) is 0 Å². The zero-order chi connectivity index (χ0) is 92.9. The molecule has 0 radical (unpaired) electrons. The fourth-order valence-corrected chi connectivity index (χ4v) is 20.6. The van der Waals surface area contributed by atoms with Gasteiger partial charge < -0.3 is 33.3 Å². The number of ether oxygens (including phenoxy) is 4. The van der Waals surface area contributed by atoms with Crippen molar-refractivity contribution in [1.82, 2.24) is 35.0 Å². The SMILES string of the molecule is CCOP(=O)(c1ccc(S(=O)(=O)OCC(F)(F)F)cc1)c1cc(C#Cc2ccc(OC)cc2)cc(CN2CCN(Cc3cc(C#Cc4ccc(OC)cc4)cc(Pc4ccc(S(=O)(=O)OCC(F)(F)F)cc4)n3)C[C@H](CCCCNC(=O)OC(C)(C)C)N(Cc3cc(C#Cc4ccc(OC)cc4)cc(P(=O)(OCC)c4ccc(S(=O)(=O)OCC(F)(F)F)cc4)n3)CC2)n1. The number of nitrogens with one attached hydrogen (secondary N) is 1. The molecule has 1 aliphatic rings. The monoisotopic (exact) mass is 1890 g/mol. The third kappa shape index (κ3) is 30.3. The Morgan fingerprint density at radius 1 is 0.461 bits per heavy atom. The number of aromatic nitrogens is 3. The van der Waals surface area contributed by atoms with Gasteiger partial charge in [-0.2, -0.15) is 64.8 Å². The molecule has 25 nitrogen and oxygen atoms in total. The van der Waals surface area contributed by atoms with E-state index < -0.39 is 116 Å². The molecule has 40 heteroatoms. The van der Waals surface area contributed by atoms with Gasteiger partial charge in [-0.05, 0) is 231 Å². The van der Waals surface area contributed by atoms with Gasteiger partial charge >= 0.3 is 24.6 Å². The van der Waals surface area contributed by atoms with Crippen LogP contribution in [-0.2, 0) is 85.5 Å². The molecule has 0 aliphatic carbocycles. The van der Waals surface area contributed by atoms with E-state index in [1.807, 2.05) is 0 Å². The summed E-state index contributed by atoms with van der Waals surface area (Å²) in [6, 6.07) is 43.4. The average Bonchev–Trinajstić information content (AvgIpc) is 0.780. The van der Waals surface area contributed by atoms with Crippen molar-refractivity contribution in [3.63, 3.8) is 0 Å². The van der Waals surface area contributed by atoms with Crippen LogP contribution < -0.4 is 51.7 Å². The van der Waals surface area contributed by atoms with Gasteiger partial charge in [-0.1, -0.05) is 54.1 Å². The van der Waals surface area contributed by atoms with Crippen LogP contribution in [0.3, 0.4) is 0 Å². The fourth-order valence-electron chi connectivity index (χ4n) is 12.8. The number of hydrogen-bond donors (Lipinski definition) is 1. The lowest BCUT2D eigenvalue weighted by molar-refractivity contribution is -0.153. The third-order valence-corrected chi connectivity index (χ3v) is 28.7. The molecular formula is C88H91F9N7O18P3S3. The maximum absolute atomic E-state index is 16.1. The second-order valence-electron chi connectivity index (χ2n) is 29.7. The van der Waals surface area contributed by atoms with Gasteiger partial charge in [0, 0.05) is 109 Å². The summed E-state index contributed by atoms with van der Waals surface area (Å²) < 4.78 is 277. The Morgan fingerprint density at radius 3 is 1.21 bits per heavy atom. The maximum atomic E-state index is 16.1. The summed E-state index contributed by atoms with van der Waals surface area (Å²) >= 11 is 0. The van der Waals surface area contributed by atoms with Gasteiger partial charge in [-0.15, -0.1) is 0 Å². The van der Waals surface area contributed by atoms with E-state index in [9.17, 15) is 69.6 Å². The molecule has 4 heterocycles. The fraction of sp³-hybridized carbons (Fsp3) is 0.341. The molecule has 1 N–H and O–H groups in total. The van der Waals surface area contributed by atoms with Gasteiger partial charge in [0.2, 0.25) is 0 Å². The molecule has 0 spiro atoms. The Hall–Kier alpha value is -10.1. The van der Waals surface area contributed by atoms with Gasteiger partial charge in [0.15, 0.2) is 19.8 Å². The van der Waals surface area contributed by atoms with E-state index in [2.05, 4.69) is 68.1 Å². The number of halogens is 9. The van der Waals surface area contributed by atoms with Gasteiger partial charge in [0.05, 0.1) is 71.7 Å². The molecule has 9 aromatic rings. The van der Waals surface area contributed by atoms with Crippen LogP contribution in [0.5, 0.6) is 17.2 Å². The van der Waals surface area contributed by atoms with Gasteiger partial charge in [0.25, 0.3) is 45.1 Å². The normalized spacial score (nSPS) is 15.1. The lowest BCUT2D eigenvalue weighted by Crippen LogP contribution is -2.45. The molecule has 1 fully saturated rings. The van der Waals surface area contributed by atoms with E-state index in [0.29, 0.717) is 75.2 Å². The summed E-state index contributed by atoms with van der Waals surface area (Å²) in [7, 11) is -19.6. The number of carbonyl (C=O) groups excluding carboxylic acids is 1. The summed E-state index contributed by atoms with van der Waals surface area (Å²) in [6.45, 7) is 2.86. The average molecular weight is 1890 g/mol. The topological polar surface area (TPSA) is 297 Å². The van der Waals surface area contributed by atoms with E-state index in [-0.39, 0.29) is 125 Å². The van der Waals surface area contributed by atoms with Gasteiger partial charge in [0.1, 0.15) is 33.7 Å². The molecule has 1 amide bonds. The zero-order valence-corrected chi connectivity index (χ0v) is 75.7. The zero-order valence-electron chi connectivity index (χ0n) is 70.5. The summed E-state index contributed by atoms with van der Waals surface area (Å²) in [4.78, 5) is 33.0. The molecule has 0 bridgehead atoms. The molecule has 10 rings (SSSR count). The van der Waals surface area contributed by atoms with Crippen LogP contribution >= 0.6 is 23.3 Å². The van der Waals surface area contributed by atoms with Crippen LogP contribution in [0.25, 0.3) is 0 Å².